The van der Waals surface area contributed by atoms with Gasteiger partial charge in [0, 0.05) is 15.8 Å². The van der Waals surface area contributed by atoms with Crippen LogP contribution in [0.1, 0.15) is 11.1 Å². The first kappa shape index (κ1) is 21.9. The molecule has 0 spiro atoms. The van der Waals surface area contributed by atoms with Gasteiger partial charge in [-0.25, -0.2) is 8.42 Å². The number of ether oxygens (including phenoxy) is 1. The Labute approximate surface area is 184 Å². The summed E-state index contributed by atoms with van der Waals surface area (Å²) in [6.45, 7) is 3.73. The molecular formula is C22H21BrN2O4S. The van der Waals surface area contributed by atoms with E-state index in [4.69, 9.17) is 4.74 Å². The highest BCUT2D eigenvalue weighted by molar-refractivity contribution is 9.10. The van der Waals surface area contributed by atoms with Crippen LogP contribution in [0, 0.1) is 13.8 Å². The number of hydrogen-bond donors (Lipinski definition) is 2. The van der Waals surface area contributed by atoms with Crippen molar-refractivity contribution in [2.45, 2.75) is 18.7 Å². The zero-order chi connectivity index (χ0) is 21.7. The highest BCUT2D eigenvalue weighted by Crippen LogP contribution is 2.21. The molecule has 1 amide bonds. The van der Waals surface area contributed by atoms with Crippen LogP contribution in [0.15, 0.2) is 76.1 Å². The molecule has 0 aliphatic heterocycles. The van der Waals surface area contributed by atoms with Crippen molar-refractivity contribution in [1.82, 2.24) is 0 Å². The van der Waals surface area contributed by atoms with Crippen LogP contribution in [0.2, 0.25) is 0 Å². The molecule has 3 rings (SSSR count). The van der Waals surface area contributed by atoms with Gasteiger partial charge in [-0.3, -0.25) is 9.52 Å². The van der Waals surface area contributed by atoms with E-state index in [1.807, 2.05) is 32.0 Å². The third-order valence-electron chi connectivity index (χ3n) is 4.39. The largest absolute Gasteiger partial charge is 0.484 e. The number of sulfonamides is 1. The maximum atomic E-state index is 12.6. The third-order valence-corrected chi connectivity index (χ3v) is 6.32. The summed E-state index contributed by atoms with van der Waals surface area (Å²) < 4.78 is 34.1. The number of amides is 1. The van der Waals surface area contributed by atoms with E-state index in [2.05, 4.69) is 26.0 Å². The molecule has 0 unspecified atom stereocenters. The summed E-state index contributed by atoms with van der Waals surface area (Å²) in [6, 6.07) is 18.5. The summed E-state index contributed by atoms with van der Waals surface area (Å²) in [7, 11) is -3.73. The zero-order valence-corrected chi connectivity index (χ0v) is 18.9. The van der Waals surface area contributed by atoms with E-state index in [-0.39, 0.29) is 17.4 Å². The number of carbonyl (C=O) groups excluding carboxylic acids is 1. The maximum absolute atomic E-state index is 12.6. The summed E-state index contributed by atoms with van der Waals surface area (Å²) in [4.78, 5) is 12.2. The molecule has 0 aliphatic carbocycles. The quantitative estimate of drug-likeness (QED) is 0.495. The van der Waals surface area contributed by atoms with E-state index in [1.54, 1.807) is 24.3 Å². The highest BCUT2D eigenvalue weighted by atomic mass is 79.9. The summed E-state index contributed by atoms with van der Waals surface area (Å²) in [6.07, 6.45) is 0. The van der Waals surface area contributed by atoms with Gasteiger partial charge in [-0.1, -0.05) is 22.0 Å². The minimum absolute atomic E-state index is 0.102. The van der Waals surface area contributed by atoms with E-state index in [9.17, 15) is 13.2 Å². The Morgan fingerprint density at radius 3 is 2.17 bits per heavy atom. The number of carbonyl (C=O) groups is 1. The lowest BCUT2D eigenvalue weighted by Crippen LogP contribution is -2.20. The molecule has 0 bridgehead atoms. The lowest BCUT2D eigenvalue weighted by atomic mass is 10.1. The topological polar surface area (TPSA) is 84.5 Å². The van der Waals surface area contributed by atoms with E-state index in [0.717, 1.165) is 15.6 Å². The second-order valence-corrected chi connectivity index (χ2v) is 9.32. The number of benzene rings is 3. The van der Waals surface area contributed by atoms with Crippen molar-refractivity contribution in [2.75, 3.05) is 16.6 Å². The van der Waals surface area contributed by atoms with Gasteiger partial charge in [-0.05, 0) is 85.6 Å². The summed E-state index contributed by atoms with van der Waals surface area (Å²) in [5, 5.41) is 2.68. The number of hydrogen-bond acceptors (Lipinski definition) is 4. The van der Waals surface area contributed by atoms with Crippen LogP contribution in [0.25, 0.3) is 0 Å². The monoisotopic (exact) mass is 488 g/mol. The van der Waals surface area contributed by atoms with Gasteiger partial charge in [-0.15, -0.1) is 0 Å². The fraction of sp³-hybridized carbons (Fsp3) is 0.136. The first-order valence-corrected chi connectivity index (χ1v) is 11.4. The Balaban J connectivity index is 1.59. The lowest BCUT2D eigenvalue weighted by molar-refractivity contribution is -0.118. The first-order valence-electron chi connectivity index (χ1n) is 9.11. The second kappa shape index (κ2) is 9.32. The van der Waals surface area contributed by atoms with E-state index >= 15 is 0 Å². The van der Waals surface area contributed by atoms with Crippen molar-refractivity contribution in [1.29, 1.82) is 0 Å². The van der Waals surface area contributed by atoms with Crippen LogP contribution in [-0.2, 0) is 14.8 Å². The molecule has 0 atom stereocenters. The molecule has 3 aromatic rings. The fourth-order valence-electron chi connectivity index (χ4n) is 2.61. The van der Waals surface area contributed by atoms with Crippen LogP contribution in [0.4, 0.5) is 11.4 Å². The Morgan fingerprint density at radius 2 is 1.53 bits per heavy atom. The Morgan fingerprint density at radius 1 is 0.900 bits per heavy atom. The van der Waals surface area contributed by atoms with Crippen molar-refractivity contribution in [2.24, 2.45) is 0 Å². The second-order valence-electron chi connectivity index (χ2n) is 6.72. The molecule has 0 saturated heterocycles. The van der Waals surface area contributed by atoms with Crippen LogP contribution < -0.4 is 14.8 Å². The molecule has 0 aromatic heterocycles. The van der Waals surface area contributed by atoms with Crippen LogP contribution in [0.3, 0.4) is 0 Å². The number of nitrogens with one attached hydrogen (secondary N) is 2. The lowest BCUT2D eigenvalue weighted by Gasteiger charge is -2.11. The summed E-state index contributed by atoms with van der Waals surface area (Å²) in [5.41, 5.74) is 3.06. The van der Waals surface area contributed by atoms with Gasteiger partial charge in [0.2, 0.25) is 0 Å². The Bertz CT molecular complexity index is 1140. The fourth-order valence-corrected chi connectivity index (χ4v) is 3.93. The number of halogens is 1. The number of aryl methyl sites for hydroxylation is 2. The molecule has 3 aromatic carbocycles. The van der Waals surface area contributed by atoms with E-state index in [0.29, 0.717) is 17.1 Å². The van der Waals surface area contributed by atoms with Crippen molar-refractivity contribution < 1.29 is 17.9 Å². The number of anilines is 2. The number of rotatable bonds is 7. The summed E-state index contributed by atoms with van der Waals surface area (Å²) in [5.74, 6) is 0.231. The molecule has 2 N–H and O–H groups in total. The average molecular weight is 489 g/mol. The van der Waals surface area contributed by atoms with Crippen LogP contribution >= 0.6 is 15.9 Å². The predicted octanol–water partition coefficient (Wildman–Crippen LogP) is 4.88. The highest BCUT2D eigenvalue weighted by Gasteiger charge is 2.15. The van der Waals surface area contributed by atoms with Gasteiger partial charge in [0.15, 0.2) is 6.61 Å². The molecule has 0 aliphatic rings. The standard InChI is InChI=1S/C22H21BrN2O4S/c1-15-3-6-19(13-16(15)2)25-30(27,28)21-11-7-18(8-12-21)24-22(26)14-29-20-9-4-17(23)5-10-20/h3-13,25H,14H2,1-2H3,(H,24,26). The van der Waals surface area contributed by atoms with Gasteiger partial charge in [0.25, 0.3) is 15.9 Å². The van der Waals surface area contributed by atoms with Gasteiger partial charge >= 0.3 is 0 Å². The smallest absolute Gasteiger partial charge is 0.262 e. The van der Waals surface area contributed by atoms with Gasteiger partial charge < -0.3 is 10.1 Å². The van der Waals surface area contributed by atoms with Crippen molar-refractivity contribution >= 4 is 43.2 Å². The maximum Gasteiger partial charge on any atom is 0.262 e. The Kier molecular flexibility index (Phi) is 6.79. The van der Waals surface area contributed by atoms with Gasteiger partial charge in [0.1, 0.15) is 5.75 Å². The summed E-state index contributed by atoms with van der Waals surface area (Å²) >= 11 is 3.33. The molecular weight excluding hydrogens is 468 g/mol. The molecule has 0 fully saturated rings. The van der Waals surface area contributed by atoms with Crippen LogP contribution in [-0.4, -0.2) is 20.9 Å². The minimum Gasteiger partial charge on any atom is -0.484 e. The van der Waals surface area contributed by atoms with Crippen LogP contribution in [0.5, 0.6) is 5.75 Å². The van der Waals surface area contributed by atoms with Gasteiger partial charge in [-0.2, -0.15) is 0 Å². The molecule has 0 saturated carbocycles. The molecule has 0 radical (unpaired) electrons. The molecule has 6 nitrogen and oxygen atoms in total. The van der Waals surface area contributed by atoms with Crippen molar-refractivity contribution in [3.05, 3.63) is 82.3 Å². The third kappa shape index (κ3) is 5.84. The SMILES string of the molecule is Cc1ccc(NS(=O)(=O)c2ccc(NC(=O)COc3ccc(Br)cc3)cc2)cc1C. The normalized spacial score (nSPS) is 11.0. The van der Waals surface area contributed by atoms with Crippen molar-refractivity contribution in [3.8, 4) is 5.75 Å². The molecule has 156 valence electrons. The molecule has 0 heterocycles. The molecule has 8 heteroatoms. The van der Waals surface area contributed by atoms with Crippen molar-refractivity contribution in [3.63, 3.8) is 0 Å². The zero-order valence-electron chi connectivity index (χ0n) is 16.5. The minimum atomic E-state index is -3.73. The first-order chi connectivity index (χ1) is 14.2. The predicted molar refractivity (Wildman–Crippen MR) is 121 cm³/mol. The van der Waals surface area contributed by atoms with Gasteiger partial charge in [0.05, 0.1) is 4.90 Å². The average Bonchev–Trinajstić information content (AvgIpc) is 2.70. The van der Waals surface area contributed by atoms with E-state index in [1.165, 1.54) is 24.3 Å². The molecule has 30 heavy (non-hydrogen) atoms. The Hall–Kier alpha value is -2.84. The van der Waals surface area contributed by atoms with E-state index < -0.39 is 10.0 Å².